The number of nitrogens with one attached hydrogen (secondary N) is 3. The fourth-order valence-corrected chi connectivity index (χ4v) is 8.02. The molecule has 4 aromatic carbocycles. The summed E-state index contributed by atoms with van der Waals surface area (Å²) in [5, 5.41) is 4.71. The van der Waals surface area contributed by atoms with Crippen LogP contribution in [0.5, 0.6) is 0 Å². The molecule has 2 fully saturated rings. The van der Waals surface area contributed by atoms with E-state index >= 15 is 0 Å². The summed E-state index contributed by atoms with van der Waals surface area (Å²) in [6.07, 6.45) is 7.57. The van der Waals surface area contributed by atoms with E-state index in [0.29, 0.717) is 13.1 Å². The number of likely N-dealkylation sites (tertiary alicyclic amines) is 2. The van der Waals surface area contributed by atoms with Gasteiger partial charge in [-0.3, -0.25) is 9.69 Å². The van der Waals surface area contributed by atoms with Gasteiger partial charge >= 0.3 is 6.09 Å². The van der Waals surface area contributed by atoms with Crippen molar-refractivity contribution >= 4 is 29.1 Å². The summed E-state index contributed by atoms with van der Waals surface area (Å²) >= 11 is 0. The first-order valence-electron chi connectivity index (χ1n) is 18.7. The molecule has 2 aromatic heterocycles. The highest BCUT2D eigenvalue weighted by Crippen LogP contribution is 2.36. The Bertz CT molecular complexity index is 2320. The maximum Gasteiger partial charge on any atom is 0.407 e. The fourth-order valence-electron chi connectivity index (χ4n) is 8.02. The highest BCUT2D eigenvalue weighted by atomic mass is 16.5. The Morgan fingerprint density at radius 2 is 1.42 bits per heavy atom. The van der Waals surface area contributed by atoms with Gasteiger partial charge in [-0.15, -0.1) is 0 Å². The van der Waals surface area contributed by atoms with E-state index in [2.05, 4.69) is 90.6 Å². The predicted molar refractivity (Wildman–Crippen MR) is 211 cm³/mol. The van der Waals surface area contributed by atoms with Crippen LogP contribution in [0.25, 0.3) is 44.4 Å². The summed E-state index contributed by atoms with van der Waals surface area (Å²) in [7, 11) is 1.27. The predicted octanol–water partition coefficient (Wildman–Crippen LogP) is 6.50. The van der Waals surface area contributed by atoms with Crippen molar-refractivity contribution in [1.82, 2.24) is 35.1 Å². The van der Waals surface area contributed by atoms with Crippen LogP contribution < -0.4 is 11.1 Å². The number of aromatic amines is 2. The molecule has 0 radical (unpaired) electrons. The summed E-state index contributed by atoms with van der Waals surface area (Å²) < 4.78 is 4.59. The smallest absolute Gasteiger partial charge is 0.407 e. The van der Waals surface area contributed by atoms with Crippen molar-refractivity contribution in [3.63, 3.8) is 0 Å². The monoisotopic (exact) mass is 736 g/mol. The average molecular weight is 737 g/mol. The molecule has 12 nitrogen and oxygen atoms in total. The second kappa shape index (κ2) is 15.3. The maximum absolute atomic E-state index is 12.8. The van der Waals surface area contributed by atoms with E-state index in [9.17, 15) is 14.4 Å². The first kappa shape index (κ1) is 35.9. The number of nitrogens with two attached hydrogens (primary N) is 1. The number of carbonyl (C=O) groups is 3. The molecule has 8 rings (SSSR count). The Morgan fingerprint density at radius 1 is 0.818 bits per heavy atom. The molecule has 0 aliphatic carbocycles. The standard InChI is InChI=1S/C43H44N8O4/c1-55-42(54)47-25-39(53)51-20-6-10-38(51)41-46-24-36(49-41)33-18-17-31-21-30(15-16-32(31)22-33)28-11-13-29(14-12-28)35-23-45-40(48-35)37-9-5-19-50(37)26-43(44,27-52)34-7-3-2-4-8-34/h2-4,7-8,11-18,21-24,27,37-38H,5-6,9-10,19-20,25-26,44H2,1H3,(H,45,48)(H,46,49)(H,47,54)/t37-,38-,43-/m0/s1. The van der Waals surface area contributed by atoms with E-state index in [1.54, 1.807) is 4.90 Å². The minimum atomic E-state index is -1.08. The molecule has 2 saturated heterocycles. The van der Waals surface area contributed by atoms with Crippen LogP contribution in [0, 0.1) is 0 Å². The number of imidazole rings is 2. The van der Waals surface area contributed by atoms with Crippen molar-refractivity contribution in [3.05, 3.63) is 121 Å². The van der Waals surface area contributed by atoms with Crippen molar-refractivity contribution < 1.29 is 19.1 Å². The fraction of sp³-hybridized carbons (Fsp3) is 0.279. The molecular weight excluding hydrogens is 693 g/mol. The summed E-state index contributed by atoms with van der Waals surface area (Å²) in [4.78, 5) is 56.9. The van der Waals surface area contributed by atoms with Gasteiger partial charge in [0.2, 0.25) is 5.91 Å². The number of aromatic nitrogens is 4. The number of alkyl carbamates (subject to hydrolysis) is 1. The molecule has 0 saturated carbocycles. The molecule has 0 bridgehead atoms. The van der Waals surface area contributed by atoms with E-state index < -0.39 is 11.6 Å². The number of aldehydes is 1. The molecule has 0 unspecified atom stereocenters. The summed E-state index contributed by atoms with van der Waals surface area (Å²) in [6.45, 7) is 1.78. The lowest BCUT2D eigenvalue weighted by atomic mass is 9.91. The zero-order chi connectivity index (χ0) is 37.9. The molecule has 55 heavy (non-hydrogen) atoms. The SMILES string of the molecule is COC(=O)NCC(=O)N1CCC[C@H]1c1ncc(-c2ccc3cc(-c4ccc(-c5cnc([C@@H]6CCCN6C[C@](N)(C=O)c6ccccc6)[nH]5)cc4)ccc3c2)[nH]1. The van der Waals surface area contributed by atoms with E-state index in [1.165, 1.54) is 7.11 Å². The van der Waals surface area contributed by atoms with Crippen molar-refractivity contribution in [2.75, 3.05) is 33.3 Å². The molecule has 2 amide bonds. The molecule has 3 atom stereocenters. The van der Waals surface area contributed by atoms with Gasteiger partial charge in [0.15, 0.2) is 0 Å². The number of nitrogens with zero attached hydrogens (tertiary/aromatic N) is 4. The molecule has 2 aliphatic heterocycles. The molecule has 6 aromatic rings. The van der Waals surface area contributed by atoms with Crippen LogP contribution >= 0.6 is 0 Å². The van der Waals surface area contributed by atoms with Crippen molar-refractivity contribution in [2.45, 2.75) is 43.3 Å². The van der Waals surface area contributed by atoms with Gasteiger partial charge in [0.05, 0.1) is 43.0 Å². The van der Waals surface area contributed by atoms with Gasteiger partial charge in [0, 0.05) is 18.7 Å². The molecule has 2 aliphatic rings. The van der Waals surface area contributed by atoms with E-state index in [0.717, 1.165) is 100 Å². The second-order valence-electron chi connectivity index (χ2n) is 14.5. The van der Waals surface area contributed by atoms with Crippen LogP contribution in [0.3, 0.4) is 0 Å². The Morgan fingerprint density at radius 3 is 2.13 bits per heavy atom. The first-order chi connectivity index (χ1) is 26.8. The number of carbonyl (C=O) groups excluding carboxylic acids is 3. The molecular formula is C43H44N8O4. The van der Waals surface area contributed by atoms with Gasteiger partial charge < -0.3 is 35.4 Å². The number of benzene rings is 4. The van der Waals surface area contributed by atoms with E-state index in [1.807, 2.05) is 42.7 Å². The molecule has 280 valence electrons. The normalized spacial score (nSPS) is 18.3. The van der Waals surface area contributed by atoms with Gasteiger partial charge in [-0.2, -0.15) is 0 Å². The lowest BCUT2D eigenvalue weighted by molar-refractivity contribution is -0.131. The highest BCUT2D eigenvalue weighted by Gasteiger charge is 2.36. The topological polar surface area (TPSA) is 162 Å². The van der Waals surface area contributed by atoms with Crippen LogP contribution in [0.2, 0.25) is 0 Å². The molecule has 4 heterocycles. The zero-order valence-corrected chi connectivity index (χ0v) is 30.7. The summed E-state index contributed by atoms with van der Waals surface area (Å²) in [5.41, 5.74) is 12.5. The number of hydrogen-bond acceptors (Lipinski definition) is 8. The van der Waals surface area contributed by atoms with Crippen LogP contribution in [0.15, 0.2) is 103 Å². The van der Waals surface area contributed by atoms with Crippen LogP contribution in [0.4, 0.5) is 4.79 Å². The van der Waals surface area contributed by atoms with Crippen LogP contribution in [0.1, 0.15) is 55.0 Å². The van der Waals surface area contributed by atoms with Gasteiger partial charge in [0.1, 0.15) is 30.0 Å². The third kappa shape index (κ3) is 7.38. The molecule has 12 heteroatoms. The van der Waals surface area contributed by atoms with Gasteiger partial charge in [-0.25, -0.2) is 14.8 Å². The lowest BCUT2D eigenvalue weighted by Gasteiger charge is -2.32. The van der Waals surface area contributed by atoms with Gasteiger partial charge in [-0.1, -0.05) is 78.9 Å². The quantitative estimate of drug-likeness (QED) is 0.110. The summed E-state index contributed by atoms with van der Waals surface area (Å²) in [6, 6.07) is 30.8. The van der Waals surface area contributed by atoms with Crippen molar-refractivity contribution in [1.29, 1.82) is 0 Å². The molecule has 5 N–H and O–H groups in total. The van der Waals surface area contributed by atoms with Crippen LogP contribution in [-0.4, -0.2) is 81.3 Å². The minimum absolute atomic E-state index is 0.0598. The Balaban J connectivity index is 0.934. The number of ether oxygens (including phenoxy) is 1. The third-order valence-electron chi connectivity index (χ3n) is 11.0. The third-order valence-corrected chi connectivity index (χ3v) is 11.0. The number of amides is 2. The first-order valence-corrected chi connectivity index (χ1v) is 18.7. The van der Waals surface area contributed by atoms with Gasteiger partial charge in [-0.05, 0) is 77.4 Å². The van der Waals surface area contributed by atoms with E-state index in [-0.39, 0.29) is 24.5 Å². The Kier molecular flexibility index (Phi) is 10.0. The minimum Gasteiger partial charge on any atom is -0.453 e. The zero-order valence-electron chi connectivity index (χ0n) is 30.7. The molecule has 0 spiro atoms. The van der Waals surface area contributed by atoms with E-state index in [4.69, 9.17) is 10.7 Å². The van der Waals surface area contributed by atoms with Gasteiger partial charge in [0.25, 0.3) is 0 Å². The second-order valence-corrected chi connectivity index (χ2v) is 14.5. The number of hydrogen-bond donors (Lipinski definition) is 4. The highest BCUT2D eigenvalue weighted by molar-refractivity contribution is 5.90. The van der Waals surface area contributed by atoms with Crippen molar-refractivity contribution in [3.8, 4) is 33.6 Å². The average Bonchev–Trinajstić information content (AvgIpc) is 4.07. The summed E-state index contributed by atoms with van der Waals surface area (Å²) in [5.74, 6) is 1.46. The largest absolute Gasteiger partial charge is 0.453 e. The number of rotatable bonds is 11. The Hall–Kier alpha value is -6.11. The number of methoxy groups -OCH3 is 1. The maximum atomic E-state index is 12.8. The number of H-pyrrole nitrogens is 2. The Labute approximate surface area is 319 Å². The van der Waals surface area contributed by atoms with Crippen LogP contribution in [-0.2, 0) is 19.9 Å². The number of fused-ring (bicyclic) bond motifs is 1. The van der Waals surface area contributed by atoms with Crippen molar-refractivity contribution in [2.24, 2.45) is 5.73 Å². The lowest BCUT2D eigenvalue weighted by Crippen LogP contribution is -2.49.